The average Bonchev–Trinajstić information content (AvgIpc) is 2.87. The Bertz CT molecular complexity index is 867. The van der Waals surface area contributed by atoms with Crippen molar-refractivity contribution in [2.24, 2.45) is 0 Å². The molecule has 2 aromatic carbocycles. The third-order valence-electron chi connectivity index (χ3n) is 3.46. The Hall–Kier alpha value is -2.44. The van der Waals surface area contributed by atoms with Crippen molar-refractivity contribution in [3.05, 3.63) is 58.0 Å². The highest BCUT2D eigenvalue weighted by atomic mass is 35.5. The molecular formula is C18H14ClNO4S. The zero-order valence-corrected chi connectivity index (χ0v) is 14.8. The minimum absolute atomic E-state index is 0.111. The molecule has 0 spiro atoms. The fourth-order valence-electron chi connectivity index (χ4n) is 2.36. The fraction of sp³-hybridized carbons (Fsp3) is 0.111. The van der Waals surface area contributed by atoms with Crippen LogP contribution in [-0.2, 0) is 4.79 Å². The van der Waals surface area contributed by atoms with Gasteiger partial charge in [-0.25, -0.2) is 4.90 Å². The third kappa shape index (κ3) is 3.50. The van der Waals surface area contributed by atoms with Gasteiger partial charge in [-0.3, -0.25) is 9.59 Å². The molecule has 0 aliphatic carbocycles. The molecule has 1 heterocycles. The van der Waals surface area contributed by atoms with Gasteiger partial charge < -0.3 is 9.84 Å². The van der Waals surface area contributed by atoms with Crippen molar-refractivity contribution in [2.45, 2.75) is 6.92 Å². The predicted molar refractivity (Wildman–Crippen MR) is 99.2 cm³/mol. The first-order valence-corrected chi connectivity index (χ1v) is 8.69. The first kappa shape index (κ1) is 17.4. The summed E-state index contributed by atoms with van der Waals surface area (Å²) in [6.07, 6.45) is 1.56. The highest BCUT2D eigenvalue weighted by Gasteiger charge is 2.36. The Labute approximate surface area is 153 Å². The normalized spacial score (nSPS) is 15.9. The maximum absolute atomic E-state index is 12.6. The van der Waals surface area contributed by atoms with Gasteiger partial charge in [0.2, 0.25) is 0 Å². The number of imide groups is 1. The van der Waals surface area contributed by atoms with E-state index >= 15 is 0 Å². The standard InChI is InChI=1S/C18H14ClNO4S/c1-2-24-14-9-11(8-13(19)16(14)21)10-15-17(22)20(18(23)25-15)12-6-4-3-5-7-12/h3-10,21H,2H2,1H3/b15-10+. The summed E-state index contributed by atoms with van der Waals surface area (Å²) in [4.78, 5) is 26.2. The number of aromatic hydroxyl groups is 1. The number of carbonyl (C=O) groups is 2. The van der Waals surface area contributed by atoms with Crippen molar-refractivity contribution in [2.75, 3.05) is 11.5 Å². The number of benzene rings is 2. The quantitative estimate of drug-likeness (QED) is 0.785. The molecule has 5 nitrogen and oxygen atoms in total. The van der Waals surface area contributed by atoms with Gasteiger partial charge >= 0.3 is 0 Å². The van der Waals surface area contributed by atoms with E-state index in [2.05, 4.69) is 0 Å². The largest absolute Gasteiger partial charge is 0.503 e. The average molecular weight is 376 g/mol. The molecule has 0 radical (unpaired) electrons. The Morgan fingerprint density at radius 3 is 2.64 bits per heavy atom. The molecule has 0 unspecified atom stereocenters. The zero-order chi connectivity index (χ0) is 18.0. The lowest BCUT2D eigenvalue weighted by Gasteiger charge is -2.11. The summed E-state index contributed by atoms with van der Waals surface area (Å²) in [7, 11) is 0. The van der Waals surface area contributed by atoms with Crippen molar-refractivity contribution in [1.82, 2.24) is 0 Å². The van der Waals surface area contributed by atoms with Gasteiger partial charge in [0.15, 0.2) is 11.5 Å². The lowest BCUT2D eigenvalue weighted by molar-refractivity contribution is -0.113. The third-order valence-corrected chi connectivity index (χ3v) is 4.61. The molecule has 1 N–H and O–H groups in total. The number of hydrogen-bond acceptors (Lipinski definition) is 5. The van der Waals surface area contributed by atoms with Crippen LogP contribution < -0.4 is 9.64 Å². The Balaban J connectivity index is 1.95. The van der Waals surface area contributed by atoms with E-state index in [-0.39, 0.29) is 26.7 Å². The summed E-state index contributed by atoms with van der Waals surface area (Å²) in [6.45, 7) is 2.14. The number of phenolic OH excluding ortho intramolecular Hbond substituents is 1. The number of halogens is 1. The number of thioether (sulfide) groups is 1. The van der Waals surface area contributed by atoms with Crippen molar-refractivity contribution in [3.8, 4) is 11.5 Å². The molecule has 0 saturated carbocycles. The second-order valence-corrected chi connectivity index (χ2v) is 6.54. The zero-order valence-electron chi connectivity index (χ0n) is 13.2. The lowest BCUT2D eigenvalue weighted by atomic mass is 10.1. The van der Waals surface area contributed by atoms with Crippen LogP contribution in [0.2, 0.25) is 5.02 Å². The highest BCUT2D eigenvalue weighted by Crippen LogP contribution is 2.39. The van der Waals surface area contributed by atoms with Crippen LogP contribution in [0.1, 0.15) is 12.5 Å². The topological polar surface area (TPSA) is 66.8 Å². The summed E-state index contributed by atoms with van der Waals surface area (Å²) in [5.74, 6) is -0.329. The Kier molecular flexibility index (Phi) is 5.01. The second-order valence-electron chi connectivity index (χ2n) is 5.14. The number of para-hydroxylation sites is 1. The van der Waals surface area contributed by atoms with E-state index in [9.17, 15) is 14.7 Å². The molecule has 7 heteroatoms. The van der Waals surface area contributed by atoms with E-state index in [0.717, 1.165) is 16.7 Å². The highest BCUT2D eigenvalue weighted by molar-refractivity contribution is 8.19. The summed E-state index contributed by atoms with van der Waals surface area (Å²) < 4.78 is 5.33. The second kappa shape index (κ2) is 7.21. The molecule has 128 valence electrons. The molecule has 3 rings (SSSR count). The van der Waals surface area contributed by atoms with Crippen LogP contribution in [-0.4, -0.2) is 22.9 Å². The molecule has 1 saturated heterocycles. The summed E-state index contributed by atoms with van der Waals surface area (Å²) in [5, 5.41) is 9.63. The van der Waals surface area contributed by atoms with Crippen molar-refractivity contribution in [1.29, 1.82) is 0 Å². The molecule has 2 amide bonds. The first-order valence-electron chi connectivity index (χ1n) is 7.49. The van der Waals surface area contributed by atoms with Crippen LogP contribution in [0.25, 0.3) is 6.08 Å². The summed E-state index contributed by atoms with van der Waals surface area (Å²) in [5.41, 5.74) is 1.08. The molecule has 2 aromatic rings. The number of carbonyl (C=O) groups excluding carboxylic acids is 2. The van der Waals surface area contributed by atoms with Gasteiger partial charge in [-0.2, -0.15) is 0 Å². The van der Waals surface area contributed by atoms with E-state index in [4.69, 9.17) is 16.3 Å². The van der Waals surface area contributed by atoms with Gasteiger partial charge in [0.25, 0.3) is 11.1 Å². The van der Waals surface area contributed by atoms with Gasteiger partial charge in [-0.05, 0) is 54.6 Å². The SMILES string of the molecule is CCOc1cc(/C=C2/SC(=O)N(c3ccccc3)C2=O)cc(Cl)c1O. The van der Waals surface area contributed by atoms with Crippen molar-refractivity contribution >= 4 is 46.3 Å². The molecule has 1 fully saturated rings. The summed E-state index contributed by atoms with van der Waals surface area (Å²) in [6, 6.07) is 11.8. The lowest BCUT2D eigenvalue weighted by Crippen LogP contribution is -2.27. The number of anilines is 1. The minimum atomic E-state index is -0.400. The van der Waals surface area contributed by atoms with Crippen molar-refractivity contribution in [3.63, 3.8) is 0 Å². The monoisotopic (exact) mass is 375 g/mol. The van der Waals surface area contributed by atoms with Gasteiger partial charge in [0.1, 0.15) is 0 Å². The number of ether oxygens (including phenoxy) is 1. The van der Waals surface area contributed by atoms with E-state index in [1.807, 2.05) is 6.07 Å². The minimum Gasteiger partial charge on any atom is -0.503 e. The maximum atomic E-state index is 12.6. The number of amides is 2. The molecule has 0 atom stereocenters. The van der Waals surface area contributed by atoms with Gasteiger partial charge in [0.05, 0.1) is 22.2 Å². The molecule has 1 aliphatic rings. The Morgan fingerprint density at radius 1 is 1.24 bits per heavy atom. The van der Waals surface area contributed by atoms with Crippen LogP contribution in [0.3, 0.4) is 0 Å². The van der Waals surface area contributed by atoms with Crippen LogP contribution in [0.4, 0.5) is 10.5 Å². The summed E-state index contributed by atoms with van der Waals surface area (Å²) >= 11 is 6.85. The molecule has 25 heavy (non-hydrogen) atoms. The maximum Gasteiger partial charge on any atom is 0.298 e. The van der Waals surface area contributed by atoms with Crippen LogP contribution in [0.15, 0.2) is 47.4 Å². The van der Waals surface area contributed by atoms with Gasteiger partial charge in [0, 0.05) is 0 Å². The number of phenols is 1. The molecular weight excluding hydrogens is 362 g/mol. The van der Waals surface area contributed by atoms with Crippen LogP contribution >= 0.6 is 23.4 Å². The number of rotatable bonds is 4. The number of hydrogen-bond donors (Lipinski definition) is 1. The van der Waals surface area contributed by atoms with E-state index in [1.165, 1.54) is 6.07 Å². The fourth-order valence-corrected chi connectivity index (χ4v) is 3.42. The van der Waals surface area contributed by atoms with Crippen LogP contribution in [0.5, 0.6) is 11.5 Å². The molecule has 1 aliphatic heterocycles. The predicted octanol–water partition coefficient (Wildman–Crippen LogP) is 4.69. The van der Waals surface area contributed by atoms with E-state index < -0.39 is 5.91 Å². The number of nitrogens with zero attached hydrogens (tertiary/aromatic N) is 1. The molecule has 0 aromatic heterocycles. The van der Waals surface area contributed by atoms with E-state index in [0.29, 0.717) is 17.9 Å². The van der Waals surface area contributed by atoms with E-state index in [1.54, 1.807) is 43.3 Å². The van der Waals surface area contributed by atoms with Crippen LogP contribution in [0, 0.1) is 0 Å². The smallest absolute Gasteiger partial charge is 0.298 e. The first-order chi connectivity index (χ1) is 12.0. The Morgan fingerprint density at radius 2 is 1.96 bits per heavy atom. The molecule has 0 bridgehead atoms. The van der Waals surface area contributed by atoms with Crippen molar-refractivity contribution < 1.29 is 19.4 Å². The van der Waals surface area contributed by atoms with Gasteiger partial charge in [-0.15, -0.1) is 0 Å². The van der Waals surface area contributed by atoms with Gasteiger partial charge in [-0.1, -0.05) is 29.8 Å².